The molecule has 0 saturated heterocycles. The predicted octanol–water partition coefficient (Wildman–Crippen LogP) is 2.54. The van der Waals surface area contributed by atoms with E-state index in [4.69, 9.17) is 4.74 Å². The largest absolute Gasteiger partial charge is 0.496 e. The fourth-order valence-corrected chi connectivity index (χ4v) is 3.37. The Morgan fingerprint density at radius 3 is 2.62 bits per heavy atom. The Hall–Kier alpha value is -2.27. The van der Waals surface area contributed by atoms with Gasteiger partial charge < -0.3 is 20.1 Å². The van der Waals surface area contributed by atoms with Gasteiger partial charge >= 0.3 is 0 Å². The van der Waals surface area contributed by atoms with Crippen LogP contribution in [0, 0.1) is 0 Å². The highest BCUT2D eigenvalue weighted by molar-refractivity contribution is 5.49. The fourth-order valence-electron chi connectivity index (χ4n) is 3.37. The molecular weight excluding hydrogens is 304 g/mol. The minimum absolute atomic E-state index is 0.155. The van der Waals surface area contributed by atoms with Crippen molar-refractivity contribution in [2.45, 2.75) is 45.8 Å². The molecule has 3 rings (SSSR count). The second-order valence-electron chi connectivity index (χ2n) is 6.17. The molecule has 2 aromatic rings. The number of H-pyrrole nitrogens is 1. The molecule has 0 unspecified atom stereocenters. The van der Waals surface area contributed by atoms with Crippen molar-refractivity contribution in [1.82, 2.24) is 4.98 Å². The average molecular weight is 328 g/mol. The number of aromatic nitrogens is 1. The first kappa shape index (κ1) is 16.6. The molecule has 0 radical (unpaired) electrons. The van der Waals surface area contributed by atoms with Gasteiger partial charge in [0.05, 0.1) is 13.7 Å². The number of pyridine rings is 1. The quantitative estimate of drug-likeness (QED) is 0.762. The number of benzene rings is 1. The van der Waals surface area contributed by atoms with Crippen LogP contribution in [0.3, 0.4) is 0 Å². The highest BCUT2D eigenvalue weighted by atomic mass is 16.5. The summed E-state index contributed by atoms with van der Waals surface area (Å²) in [5, 5.41) is 12.5. The number of aryl methyl sites for hydroxylation is 3. The van der Waals surface area contributed by atoms with Gasteiger partial charge in [-0.1, -0.05) is 13.0 Å². The van der Waals surface area contributed by atoms with Gasteiger partial charge in [0, 0.05) is 17.8 Å². The zero-order valence-corrected chi connectivity index (χ0v) is 14.2. The molecule has 5 nitrogen and oxygen atoms in total. The second-order valence-corrected chi connectivity index (χ2v) is 6.17. The van der Waals surface area contributed by atoms with E-state index < -0.39 is 0 Å². The van der Waals surface area contributed by atoms with Crippen LogP contribution in [-0.4, -0.2) is 17.2 Å². The van der Waals surface area contributed by atoms with Gasteiger partial charge in [-0.05, 0) is 54.5 Å². The van der Waals surface area contributed by atoms with E-state index in [9.17, 15) is 9.90 Å². The van der Waals surface area contributed by atoms with Gasteiger partial charge in [0.2, 0.25) is 0 Å². The number of aliphatic hydroxyl groups excluding tert-OH is 1. The molecule has 5 heteroatoms. The Bertz CT molecular complexity index is 796. The smallest absolute Gasteiger partial charge is 0.271 e. The van der Waals surface area contributed by atoms with Crippen molar-refractivity contribution >= 4 is 5.69 Å². The van der Waals surface area contributed by atoms with E-state index in [2.05, 4.69) is 22.4 Å². The van der Waals surface area contributed by atoms with Crippen molar-refractivity contribution < 1.29 is 9.84 Å². The normalized spacial score (nSPS) is 13.0. The number of anilines is 1. The number of ether oxygens (including phenoxy) is 1. The van der Waals surface area contributed by atoms with Crippen molar-refractivity contribution in [2.24, 2.45) is 0 Å². The minimum atomic E-state index is -0.212. The summed E-state index contributed by atoms with van der Waals surface area (Å²) in [5.74, 6) is 0.863. The molecule has 0 bridgehead atoms. The molecule has 0 atom stereocenters. The second kappa shape index (κ2) is 7.09. The van der Waals surface area contributed by atoms with E-state index in [1.165, 1.54) is 17.5 Å². The van der Waals surface area contributed by atoms with Crippen LogP contribution < -0.4 is 15.6 Å². The summed E-state index contributed by atoms with van der Waals surface area (Å²) in [6.07, 6.45) is 4.17. The first-order valence-electron chi connectivity index (χ1n) is 8.44. The average Bonchev–Trinajstić information content (AvgIpc) is 3.06. The van der Waals surface area contributed by atoms with Crippen LogP contribution in [0.15, 0.2) is 23.0 Å². The number of nitrogens with one attached hydrogen (secondary N) is 2. The maximum Gasteiger partial charge on any atom is 0.271 e. The molecule has 0 spiro atoms. The lowest BCUT2D eigenvalue weighted by atomic mass is 10.0. The molecule has 0 fully saturated rings. The Labute approximate surface area is 141 Å². The van der Waals surface area contributed by atoms with Crippen molar-refractivity contribution in [3.05, 3.63) is 56.5 Å². The van der Waals surface area contributed by atoms with Crippen LogP contribution in [0.25, 0.3) is 0 Å². The molecule has 128 valence electrons. The molecule has 3 N–H and O–H groups in total. The Morgan fingerprint density at radius 2 is 1.96 bits per heavy atom. The summed E-state index contributed by atoms with van der Waals surface area (Å²) in [6.45, 7) is 2.37. The van der Waals surface area contributed by atoms with Crippen LogP contribution in [-0.2, 0) is 32.4 Å². The number of aromatic amines is 1. The molecule has 1 aromatic carbocycles. The molecule has 0 aliphatic heterocycles. The molecule has 24 heavy (non-hydrogen) atoms. The minimum Gasteiger partial charge on any atom is -0.496 e. The predicted molar refractivity (Wildman–Crippen MR) is 94.7 cm³/mol. The lowest BCUT2D eigenvalue weighted by Gasteiger charge is -2.14. The van der Waals surface area contributed by atoms with Gasteiger partial charge in [-0.25, -0.2) is 0 Å². The summed E-state index contributed by atoms with van der Waals surface area (Å²) in [5.41, 5.74) is 5.65. The first-order chi connectivity index (χ1) is 11.7. The molecule has 1 aliphatic rings. The number of aliphatic hydroxyl groups is 1. The van der Waals surface area contributed by atoms with E-state index in [0.29, 0.717) is 17.9 Å². The van der Waals surface area contributed by atoms with Gasteiger partial charge in [-0.3, -0.25) is 4.79 Å². The van der Waals surface area contributed by atoms with Crippen molar-refractivity contribution in [1.29, 1.82) is 0 Å². The highest BCUT2D eigenvalue weighted by Gasteiger charge is 2.15. The topological polar surface area (TPSA) is 74.3 Å². The third kappa shape index (κ3) is 3.17. The van der Waals surface area contributed by atoms with E-state index in [1.54, 1.807) is 7.11 Å². The summed E-state index contributed by atoms with van der Waals surface area (Å²) in [7, 11) is 1.68. The molecule has 1 aliphatic carbocycles. The SMILES string of the molecule is CCc1cc(NCc2cc3c(cc2OC)CCC3)c(=O)[nH]c1CO. The van der Waals surface area contributed by atoms with Crippen molar-refractivity contribution in [3.63, 3.8) is 0 Å². The van der Waals surface area contributed by atoms with Gasteiger partial charge in [0.15, 0.2) is 0 Å². The van der Waals surface area contributed by atoms with E-state index in [0.717, 1.165) is 36.1 Å². The van der Waals surface area contributed by atoms with Gasteiger partial charge in [0.25, 0.3) is 5.56 Å². The van der Waals surface area contributed by atoms with E-state index in [1.807, 2.05) is 13.0 Å². The third-order valence-corrected chi connectivity index (χ3v) is 4.72. The van der Waals surface area contributed by atoms with E-state index in [-0.39, 0.29) is 12.2 Å². The van der Waals surface area contributed by atoms with Crippen LogP contribution in [0.1, 0.15) is 41.3 Å². The van der Waals surface area contributed by atoms with Gasteiger partial charge in [-0.2, -0.15) is 0 Å². The van der Waals surface area contributed by atoms with Crippen LogP contribution in [0.2, 0.25) is 0 Å². The highest BCUT2D eigenvalue weighted by Crippen LogP contribution is 2.30. The molecule has 1 heterocycles. The summed E-state index contributed by atoms with van der Waals surface area (Å²) >= 11 is 0. The number of hydrogen-bond donors (Lipinski definition) is 3. The fraction of sp³-hybridized carbons (Fsp3) is 0.421. The standard InChI is InChI=1S/C19H24N2O3/c1-3-12-8-16(19(23)21-17(12)11-22)20-10-15-7-13-5-4-6-14(13)9-18(15)24-2/h7-9,20,22H,3-6,10-11H2,1-2H3,(H,21,23). The molecule has 0 saturated carbocycles. The number of rotatable bonds is 6. The monoisotopic (exact) mass is 328 g/mol. The number of methoxy groups -OCH3 is 1. The third-order valence-electron chi connectivity index (χ3n) is 4.72. The maximum absolute atomic E-state index is 12.2. The Balaban J connectivity index is 1.85. The van der Waals surface area contributed by atoms with Gasteiger partial charge in [-0.15, -0.1) is 0 Å². The van der Waals surface area contributed by atoms with Gasteiger partial charge in [0.1, 0.15) is 11.4 Å². The Morgan fingerprint density at radius 1 is 1.21 bits per heavy atom. The lowest BCUT2D eigenvalue weighted by Crippen LogP contribution is -2.17. The number of fused-ring (bicyclic) bond motifs is 1. The first-order valence-corrected chi connectivity index (χ1v) is 8.44. The molecular formula is C19H24N2O3. The van der Waals surface area contributed by atoms with Crippen molar-refractivity contribution in [2.75, 3.05) is 12.4 Å². The van der Waals surface area contributed by atoms with Crippen LogP contribution >= 0.6 is 0 Å². The number of hydrogen-bond acceptors (Lipinski definition) is 4. The molecule has 1 aromatic heterocycles. The zero-order valence-electron chi connectivity index (χ0n) is 14.2. The van der Waals surface area contributed by atoms with Crippen molar-refractivity contribution in [3.8, 4) is 5.75 Å². The van der Waals surface area contributed by atoms with Crippen LogP contribution in [0.4, 0.5) is 5.69 Å². The van der Waals surface area contributed by atoms with Crippen LogP contribution in [0.5, 0.6) is 5.75 Å². The molecule has 0 amide bonds. The van der Waals surface area contributed by atoms with E-state index >= 15 is 0 Å². The Kier molecular flexibility index (Phi) is 4.90. The lowest BCUT2D eigenvalue weighted by molar-refractivity contribution is 0.275. The summed E-state index contributed by atoms with van der Waals surface area (Å²) in [6, 6.07) is 6.13. The zero-order chi connectivity index (χ0) is 17.1. The summed E-state index contributed by atoms with van der Waals surface area (Å²) in [4.78, 5) is 14.9. The maximum atomic E-state index is 12.2. The summed E-state index contributed by atoms with van der Waals surface area (Å²) < 4.78 is 5.51.